The lowest BCUT2D eigenvalue weighted by atomic mass is 10.0. The van der Waals surface area contributed by atoms with Crippen LogP contribution in [0, 0.1) is 0 Å². The highest BCUT2D eigenvalue weighted by atomic mass is 16.5. The Labute approximate surface area is 106 Å². The Hall–Kier alpha value is -2.10. The average Bonchev–Trinajstić information content (AvgIpc) is 2.39. The predicted octanol–water partition coefficient (Wildman–Crippen LogP) is 2.57. The van der Waals surface area contributed by atoms with Crippen LogP contribution in [0.3, 0.4) is 0 Å². The first-order chi connectivity index (χ1) is 8.61. The van der Waals surface area contributed by atoms with Gasteiger partial charge in [-0.25, -0.2) is 5.10 Å². The number of nitrogens with zero attached hydrogens (tertiary/aromatic N) is 1. The summed E-state index contributed by atoms with van der Waals surface area (Å²) in [5.74, 6) is 1.05. The molecule has 94 valence electrons. The molecule has 0 atom stereocenters. The van der Waals surface area contributed by atoms with E-state index in [1.54, 1.807) is 7.11 Å². The van der Waals surface area contributed by atoms with E-state index in [9.17, 15) is 4.79 Å². The number of rotatable bonds is 3. The molecule has 1 aromatic heterocycles. The Kier molecular flexibility index (Phi) is 3.46. The van der Waals surface area contributed by atoms with Crippen LogP contribution in [-0.2, 0) is 0 Å². The molecule has 0 fully saturated rings. The second-order valence-electron chi connectivity index (χ2n) is 4.42. The lowest BCUT2D eigenvalue weighted by Crippen LogP contribution is -2.13. The van der Waals surface area contributed by atoms with Crippen molar-refractivity contribution in [1.29, 1.82) is 0 Å². The molecule has 18 heavy (non-hydrogen) atoms. The average molecular weight is 244 g/mol. The number of aromatic nitrogens is 2. The van der Waals surface area contributed by atoms with Crippen LogP contribution in [0.1, 0.15) is 25.5 Å². The highest BCUT2D eigenvalue weighted by molar-refractivity contribution is 5.63. The quantitative estimate of drug-likeness (QED) is 0.902. The van der Waals surface area contributed by atoms with E-state index in [2.05, 4.69) is 10.2 Å². The van der Waals surface area contributed by atoms with Crippen LogP contribution in [0.4, 0.5) is 0 Å². The highest BCUT2D eigenvalue weighted by Gasteiger charge is 2.08. The van der Waals surface area contributed by atoms with Crippen LogP contribution in [-0.4, -0.2) is 17.3 Å². The molecular formula is C14H16N2O2. The third-order valence-electron chi connectivity index (χ3n) is 2.82. The Morgan fingerprint density at radius 3 is 2.44 bits per heavy atom. The molecule has 2 aromatic rings. The topological polar surface area (TPSA) is 55.0 Å². The molecule has 0 saturated carbocycles. The van der Waals surface area contributed by atoms with Crippen molar-refractivity contribution in [2.75, 3.05) is 7.11 Å². The van der Waals surface area contributed by atoms with Gasteiger partial charge in [0.15, 0.2) is 0 Å². The third-order valence-corrected chi connectivity index (χ3v) is 2.82. The fourth-order valence-corrected chi connectivity index (χ4v) is 1.70. The second kappa shape index (κ2) is 5.04. The summed E-state index contributed by atoms with van der Waals surface area (Å²) in [7, 11) is 1.62. The van der Waals surface area contributed by atoms with Crippen molar-refractivity contribution in [2.45, 2.75) is 19.8 Å². The molecule has 4 nitrogen and oxygen atoms in total. The maximum atomic E-state index is 11.8. The Balaban J connectivity index is 2.48. The number of aromatic amines is 1. The SMILES string of the molecule is COc1ccc(-c2cc(C(C)C)n[nH]c2=O)cc1. The van der Waals surface area contributed by atoms with Crippen LogP contribution < -0.4 is 10.3 Å². The summed E-state index contributed by atoms with van der Waals surface area (Å²) in [6, 6.07) is 9.25. The first-order valence-electron chi connectivity index (χ1n) is 5.86. The fraction of sp³-hybridized carbons (Fsp3) is 0.286. The molecule has 1 aromatic carbocycles. The van der Waals surface area contributed by atoms with E-state index in [0.29, 0.717) is 5.56 Å². The van der Waals surface area contributed by atoms with Crippen molar-refractivity contribution in [3.8, 4) is 16.9 Å². The Morgan fingerprint density at radius 1 is 1.22 bits per heavy atom. The second-order valence-corrected chi connectivity index (χ2v) is 4.42. The molecule has 0 aliphatic heterocycles. The number of benzene rings is 1. The van der Waals surface area contributed by atoms with Gasteiger partial charge in [0.2, 0.25) is 0 Å². The van der Waals surface area contributed by atoms with Gasteiger partial charge in [-0.3, -0.25) is 4.79 Å². The first-order valence-corrected chi connectivity index (χ1v) is 5.86. The van der Waals surface area contributed by atoms with E-state index in [1.165, 1.54) is 0 Å². The number of methoxy groups -OCH3 is 1. The summed E-state index contributed by atoms with van der Waals surface area (Å²) in [5, 5.41) is 6.58. The molecule has 1 N–H and O–H groups in total. The summed E-state index contributed by atoms with van der Waals surface area (Å²) in [5.41, 5.74) is 2.20. The highest BCUT2D eigenvalue weighted by Crippen LogP contribution is 2.21. The molecule has 0 saturated heterocycles. The van der Waals surface area contributed by atoms with Crippen molar-refractivity contribution in [3.63, 3.8) is 0 Å². The monoisotopic (exact) mass is 244 g/mol. The lowest BCUT2D eigenvalue weighted by molar-refractivity contribution is 0.415. The predicted molar refractivity (Wildman–Crippen MR) is 70.9 cm³/mol. The number of ether oxygens (including phenoxy) is 1. The normalized spacial score (nSPS) is 10.7. The summed E-state index contributed by atoms with van der Waals surface area (Å²) >= 11 is 0. The van der Waals surface area contributed by atoms with E-state index < -0.39 is 0 Å². The minimum Gasteiger partial charge on any atom is -0.497 e. The van der Waals surface area contributed by atoms with Gasteiger partial charge >= 0.3 is 0 Å². The fourth-order valence-electron chi connectivity index (χ4n) is 1.70. The standard InChI is InChI=1S/C14H16N2O2/c1-9(2)13-8-12(14(17)16-15-13)10-4-6-11(18-3)7-5-10/h4-9H,1-3H3,(H,16,17). The van der Waals surface area contributed by atoms with E-state index in [1.807, 2.05) is 44.2 Å². The minimum atomic E-state index is -0.176. The van der Waals surface area contributed by atoms with Gasteiger partial charge in [-0.15, -0.1) is 0 Å². The Bertz CT molecular complexity index is 585. The van der Waals surface area contributed by atoms with E-state index in [4.69, 9.17) is 4.74 Å². The molecular weight excluding hydrogens is 228 g/mol. The Morgan fingerprint density at radius 2 is 1.89 bits per heavy atom. The van der Waals surface area contributed by atoms with Gasteiger partial charge in [0.25, 0.3) is 5.56 Å². The van der Waals surface area contributed by atoms with Gasteiger partial charge < -0.3 is 4.74 Å². The summed E-state index contributed by atoms with van der Waals surface area (Å²) in [4.78, 5) is 11.8. The van der Waals surface area contributed by atoms with Gasteiger partial charge in [0.05, 0.1) is 18.4 Å². The van der Waals surface area contributed by atoms with Gasteiger partial charge in [0, 0.05) is 0 Å². The zero-order valence-corrected chi connectivity index (χ0v) is 10.7. The van der Waals surface area contributed by atoms with Crippen molar-refractivity contribution in [3.05, 3.63) is 46.4 Å². The van der Waals surface area contributed by atoms with Crippen molar-refractivity contribution < 1.29 is 4.74 Å². The van der Waals surface area contributed by atoms with Crippen molar-refractivity contribution in [2.24, 2.45) is 0 Å². The number of H-pyrrole nitrogens is 1. The molecule has 0 spiro atoms. The summed E-state index contributed by atoms with van der Waals surface area (Å²) in [6.45, 7) is 4.08. The zero-order chi connectivity index (χ0) is 13.1. The van der Waals surface area contributed by atoms with Gasteiger partial charge in [0.1, 0.15) is 5.75 Å². The first kappa shape index (κ1) is 12.4. The number of hydrogen-bond donors (Lipinski definition) is 1. The van der Waals surface area contributed by atoms with Crippen LogP contribution >= 0.6 is 0 Å². The van der Waals surface area contributed by atoms with Gasteiger partial charge in [-0.05, 0) is 29.7 Å². The van der Waals surface area contributed by atoms with Gasteiger partial charge in [-0.1, -0.05) is 26.0 Å². The van der Waals surface area contributed by atoms with Crippen LogP contribution in [0.15, 0.2) is 35.1 Å². The van der Waals surface area contributed by atoms with Crippen molar-refractivity contribution in [1.82, 2.24) is 10.2 Å². The van der Waals surface area contributed by atoms with Crippen LogP contribution in [0.2, 0.25) is 0 Å². The molecule has 2 rings (SSSR count). The molecule has 0 amide bonds. The number of nitrogens with one attached hydrogen (secondary N) is 1. The maximum Gasteiger partial charge on any atom is 0.272 e. The van der Waals surface area contributed by atoms with Gasteiger partial charge in [-0.2, -0.15) is 5.10 Å². The third kappa shape index (κ3) is 2.42. The van der Waals surface area contributed by atoms with Crippen molar-refractivity contribution >= 4 is 0 Å². The number of hydrogen-bond acceptors (Lipinski definition) is 3. The van der Waals surface area contributed by atoms with Crippen LogP contribution in [0.25, 0.3) is 11.1 Å². The smallest absolute Gasteiger partial charge is 0.272 e. The molecule has 0 bridgehead atoms. The molecule has 0 radical (unpaired) electrons. The van der Waals surface area contributed by atoms with Crippen LogP contribution in [0.5, 0.6) is 5.75 Å². The van der Waals surface area contributed by atoms with E-state index in [-0.39, 0.29) is 11.5 Å². The van der Waals surface area contributed by atoms with E-state index >= 15 is 0 Å². The minimum absolute atomic E-state index is 0.176. The lowest BCUT2D eigenvalue weighted by Gasteiger charge is -2.07. The molecule has 4 heteroatoms. The summed E-state index contributed by atoms with van der Waals surface area (Å²) < 4.78 is 5.10. The summed E-state index contributed by atoms with van der Waals surface area (Å²) in [6.07, 6.45) is 0. The molecule has 1 heterocycles. The molecule has 0 aliphatic rings. The van der Waals surface area contributed by atoms with E-state index in [0.717, 1.165) is 17.0 Å². The largest absolute Gasteiger partial charge is 0.497 e. The zero-order valence-electron chi connectivity index (χ0n) is 10.7. The molecule has 0 aliphatic carbocycles. The molecule has 0 unspecified atom stereocenters. The maximum absolute atomic E-state index is 11.8.